The van der Waals surface area contributed by atoms with E-state index in [2.05, 4.69) is 15.9 Å². The van der Waals surface area contributed by atoms with Crippen LogP contribution in [0.5, 0.6) is 11.5 Å². The maximum Gasteiger partial charge on any atom is 0.349 e. The van der Waals surface area contributed by atoms with Gasteiger partial charge >= 0.3 is 5.97 Å². The second kappa shape index (κ2) is 7.05. The van der Waals surface area contributed by atoms with Crippen LogP contribution < -0.4 is 9.47 Å². The normalized spacial score (nSPS) is 10.6. The van der Waals surface area contributed by atoms with Crippen molar-refractivity contribution in [2.75, 3.05) is 6.61 Å². The molecular formula is C20H17BrO3. The summed E-state index contributed by atoms with van der Waals surface area (Å²) in [6.07, 6.45) is 0. The number of aryl methyl sites for hydroxylation is 1. The van der Waals surface area contributed by atoms with Gasteiger partial charge in [-0.05, 0) is 66.1 Å². The molecule has 3 aromatic rings. The van der Waals surface area contributed by atoms with Gasteiger partial charge < -0.3 is 9.47 Å². The third-order valence-electron chi connectivity index (χ3n) is 3.91. The molecule has 0 saturated carbocycles. The maximum atomic E-state index is 12.0. The van der Waals surface area contributed by atoms with Crippen molar-refractivity contribution in [3.8, 4) is 11.5 Å². The molecule has 0 saturated heterocycles. The zero-order valence-electron chi connectivity index (χ0n) is 13.5. The van der Waals surface area contributed by atoms with Crippen LogP contribution in [0.15, 0.2) is 59.1 Å². The van der Waals surface area contributed by atoms with Crippen molar-refractivity contribution in [2.45, 2.75) is 13.8 Å². The van der Waals surface area contributed by atoms with Crippen molar-refractivity contribution in [1.82, 2.24) is 0 Å². The first-order valence-electron chi connectivity index (χ1n) is 7.62. The summed E-state index contributed by atoms with van der Waals surface area (Å²) in [5, 5.41) is 2.09. The molecule has 0 spiro atoms. The summed E-state index contributed by atoms with van der Waals surface area (Å²) in [6.45, 7) is 3.86. The number of hydrogen-bond acceptors (Lipinski definition) is 3. The molecule has 0 amide bonds. The van der Waals surface area contributed by atoms with Crippen LogP contribution in [-0.4, -0.2) is 12.6 Å². The molecule has 0 radical (unpaired) electrons. The molecule has 0 unspecified atom stereocenters. The van der Waals surface area contributed by atoms with Gasteiger partial charge in [-0.1, -0.05) is 40.2 Å². The van der Waals surface area contributed by atoms with E-state index in [0.717, 1.165) is 26.4 Å². The first kappa shape index (κ1) is 16.5. The highest BCUT2D eigenvalue weighted by Crippen LogP contribution is 2.24. The molecule has 3 rings (SSSR count). The van der Waals surface area contributed by atoms with Crippen LogP contribution in [0.3, 0.4) is 0 Å². The zero-order valence-corrected chi connectivity index (χ0v) is 15.1. The summed E-state index contributed by atoms with van der Waals surface area (Å²) >= 11 is 3.44. The second-order valence-corrected chi connectivity index (χ2v) is 6.53. The lowest BCUT2D eigenvalue weighted by molar-refractivity contribution is -0.136. The van der Waals surface area contributed by atoms with Crippen LogP contribution in [0.2, 0.25) is 0 Å². The van der Waals surface area contributed by atoms with Gasteiger partial charge in [-0.3, -0.25) is 0 Å². The van der Waals surface area contributed by atoms with Crippen molar-refractivity contribution in [3.63, 3.8) is 0 Å². The Bertz CT molecular complexity index is 903. The van der Waals surface area contributed by atoms with E-state index >= 15 is 0 Å². The maximum absolute atomic E-state index is 12.0. The highest BCUT2D eigenvalue weighted by molar-refractivity contribution is 9.10. The fourth-order valence-corrected chi connectivity index (χ4v) is 2.82. The lowest BCUT2D eigenvalue weighted by atomic mass is 10.1. The lowest BCUT2D eigenvalue weighted by Crippen LogP contribution is -2.18. The van der Waals surface area contributed by atoms with Gasteiger partial charge in [-0.15, -0.1) is 0 Å². The van der Waals surface area contributed by atoms with Gasteiger partial charge in [-0.2, -0.15) is 0 Å². The molecule has 0 N–H and O–H groups in total. The van der Waals surface area contributed by atoms with E-state index in [-0.39, 0.29) is 6.61 Å². The molecule has 0 bridgehead atoms. The summed E-state index contributed by atoms with van der Waals surface area (Å²) in [6, 6.07) is 17.3. The largest absolute Gasteiger partial charge is 0.482 e. The summed E-state index contributed by atoms with van der Waals surface area (Å²) in [5.41, 5.74) is 2.16. The average molecular weight is 385 g/mol. The Hall–Kier alpha value is -2.33. The van der Waals surface area contributed by atoms with E-state index < -0.39 is 5.97 Å². The Balaban J connectivity index is 1.66. The molecule has 0 fully saturated rings. The van der Waals surface area contributed by atoms with Crippen LogP contribution >= 0.6 is 15.9 Å². The number of benzene rings is 3. The van der Waals surface area contributed by atoms with E-state index in [9.17, 15) is 4.79 Å². The molecule has 0 aliphatic carbocycles. The van der Waals surface area contributed by atoms with E-state index in [0.29, 0.717) is 11.5 Å². The molecule has 3 nitrogen and oxygen atoms in total. The Morgan fingerprint density at radius 1 is 1.00 bits per heavy atom. The van der Waals surface area contributed by atoms with Gasteiger partial charge in [0.05, 0.1) is 0 Å². The molecule has 0 heterocycles. The minimum Gasteiger partial charge on any atom is -0.482 e. The van der Waals surface area contributed by atoms with E-state index in [1.54, 1.807) is 6.07 Å². The van der Waals surface area contributed by atoms with Crippen LogP contribution in [0, 0.1) is 13.8 Å². The van der Waals surface area contributed by atoms with Crippen LogP contribution in [0.4, 0.5) is 0 Å². The third-order valence-corrected chi connectivity index (χ3v) is 4.40. The summed E-state index contributed by atoms with van der Waals surface area (Å²) < 4.78 is 12.0. The van der Waals surface area contributed by atoms with Gasteiger partial charge in [0.2, 0.25) is 0 Å². The predicted octanol–water partition coefficient (Wildman–Crippen LogP) is 5.20. The first-order chi connectivity index (χ1) is 11.5. The third kappa shape index (κ3) is 3.77. The number of esters is 1. The Kier molecular flexibility index (Phi) is 4.86. The van der Waals surface area contributed by atoms with Gasteiger partial charge in [0.25, 0.3) is 0 Å². The molecule has 0 aliphatic rings. The average Bonchev–Trinajstić information content (AvgIpc) is 2.56. The van der Waals surface area contributed by atoms with Crippen molar-refractivity contribution < 1.29 is 14.3 Å². The predicted molar refractivity (Wildman–Crippen MR) is 98.7 cm³/mol. The van der Waals surface area contributed by atoms with E-state index in [1.807, 2.05) is 62.4 Å². The minimum atomic E-state index is -0.424. The Labute approximate surface area is 149 Å². The molecule has 0 aliphatic heterocycles. The van der Waals surface area contributed by atoms with Crippen LogP contribution in [-0.2, 0) is 4.79 Å². The zero-order chi connectivity index (χ0) is 17.1. The monoisotopic (exact) mass is 384 g/mol. The molecule has 0 atom stereocenters. The number of rotatable bonds is 4. The van der Waals surface area contributed by atoms with E-state index in [4.69, 9.17) is 9.47 Å². The summed E-state index contributed by atoms with van der Waals surface area (Å²) in [4.78, 5) is 12.0. The van der Waals surface area contributed by atoms with Gasteiger partial charge in [0.15, 0.2) is 6.61 Å². The topological polar surface area (TPSA) is 35.5 Å². The number of hydrogen-bond donors (Lipinski definition) is 0. The number of fused-ring (bicyclic) bond motifs is 1. The van der Waals surface area contributed by atoms with E-state index in [1.165, 1.54) is 0 Å². The lowest BCUT2D eigenvalue weighted by Gasteiger charge is -2.11. The van der Waals surface area contributed by atoms with Crippen molar-refractivity contribution >= 4 is 32.7 Å². The number of halogens is 1. The molecule has 0 aromatic heterocycles. The highest BCUT2D eigenvalue weighted by atomic mass is 79.9. The van der Waals surface area contributed by atoms with Crippen molar-refractivity contribution in [3.05, 3.63) is 70.2 Å². The Morgan fingerprint density at radius 3 is 2.58 bits per heavy atom. The quantitative estimate of drug-likeness (QED) is 0.457. The molecule has 4 heteroatoms. The smallest absolute Gasteiger partial charge is 0.349 e. The van der Waals surface area contributed by atoms with Crippen LogP contribution in [0.25, 0.3) is 10.8 Å². The number of carbonyl (C=O) groups is 1. The van der Waals surface area contributed by atoms with Gasteiger partial charge in [0, 0.05) is 4.47 Å². The molecule has 122 valence electrons. The minimum absolute atomic E-state index is 0.122. The molecule has 3 aromatic carbocycles. The second-order valence-electron chi connectivity index (χ2n) is 5.61. The highest BCUT2D eigenvalue weighted by Gasteiger charge is 2.09. The SMILES string of the molecule is Cc1cccc(OCC(=O)Oc2ccc3cc(Br)ccc3c2)c1C. The number of carbonyl (C=O) groups excluding carboxylic acids is 1. The molecule has 24 heavy (non-hydrogen) atoms. The first-order valence-corrected chi connectivity index (χ1v) is 8.41. The molecular weight excluding hydrogens is 368 g/mol. The summed E-state index contributed by atoms with van der Waals surface area (Å²) in [5.74, 6) is 0.794. The van der Waals surface area contributed by atoms with Gasteiger partial charge in [0.1, 0.15) is 11.5 Å². The standard InChI is InChI=1S/C20H17BrO3/c1-13-4-3-5-19(14(13)2)23-12-20(22)24-18-9-7-15-10-17(21)8-6-16(15)11-18/h3-11H,12H2,1-2H3. The Morgan fingerprint density at radius 2 is 1.75 bits per heavy atom. The van der Waals surface area contributed by atoms with Crippen molar-refractivity contribution in [2.24, 2.45) is 0 Å². The van der Waals surface area contributed by atoms with Crippen LogP contribution in [0.1, 0.15) is 11.1 Å². The fraction of sp³-hybridized carbons (Fsp3) is 0.150. The van der Waals surface area contributed by atoms with Crippen molar-refractivity contribution in [1.29, 1.82) is 0 Å². The number of ether oxygens (including phenoxy) is 2. The fourth-order valence-electron chi connectivity index (χ4n) is 2.44. The summed E-state index contributed by atoms with van der Waals surface area (Å²) in [7, 11) is 0. The van der Waals surface area contributed by atoms with Gasteiger partial charge in [-0.25, -0.2) is 4.79 Å².